The van der Waals surface area contributed by atoms with Crippen molar-refractivity contribution in [3.05, 3.63) is 66.8 Å². The van der Waals surface area contributed by atoms with Gasteiger partial charge in [0.15, 0.2) is 0 Å². The lowest BCUT2D eigenvalue weighted by molar-refractivity contribution is -0.136. The molecule has 3 amide bonds. The van der Waals surface area contributed by atoms with E-state index in [1.54, 1.807) is 17.0 Å². The molecule has 0 aliphatic carbocycles. The van der Waals surface area contributed by atoms with Crippen LogP contribution in [0.3, 0.4) is 0 Å². The number of hydrogen-bond donors (Lipinski definition) is 0. The molecule has 0 spiro atoms. The summed E-state index contributed by atoms with van der Waals surface area (Å²) < 4.78 is 6.83. The minimum atomic E-state index is -0.669. The highest BCUT2D eigenvalue weighted by Gasteiger charge is 2.57. The van der Waals surface area contributed by atoms with Crippen molar-refractivity contribution in [3.8, 4) is 0 Å². The molecule has 3 aliphatic rings. The molecule has 3 aromatic rings. The fraction of sp³-hybridized carbons (Fsp3) is 0.360. The van der Waals surface area contributed by atoms with E-state index in [0.29, 0.717) is 37.0 Å². The summed E-state index contributed by atoms with van der Waals surface area (Å²) in [7, 11) is 0. The smallest absolute Gasteiger partial charge is 0.308 e. The summed E-state index contributed by atoms with van der Waals surface area (Å²) in [5.41, 5.74) is 1.59. The van der Waals surface area contributed by atoms with Crippen LogP contribution in [0.15, 0.2) is 51.6 Å². The number of benzene rings is 1. The molecule has 11 heteroatoms. The molecule has 1 aromatic carbocycles. The largest absolute Gasteiger partial charge is 0.378 e. The Bertz CT molecular complexity index is 1390. The Hall–Kier alpha value is -2.73. The first-order valence-electron chi connectivity index (χ1n) is 11.7. The van der Waals surface area contributed by atoms with Gasteiger partial charge in [-0.05, 0) is 30.5 Å². The van der Waals surface area contributed by atoms with E-state index >= 15 is 0 Å². The highest BCUT2D eigenvalue weighted by atomic mass is 32.2. The molecular formula is C25H23N3O5S3. The SMILES string of the molecule is Cc1ccc(N2C(=O)[C@H]3[C@H](c4cccs4)c4sc(=O)n(CC(=O)N5CCOCC5)c4S[C@H]3C2=O)cc1. The van der Waals surface area contributed by atoms with Crippen LogP contribution in [0.4, 0.5) is 5.69 Å². The van der Waals surface area contributed by atoms with Gasteiger partial charge in [0.05, 0.1) is 29.8 Å². The van der Waals surface area contributed by atoms with Gasteiger partial charge in [0.1, 0.15) is 11.8 Å². The van der Waals surface area contributed by atoms with Crippen LogP contribution in [0.5, 0.6) is 0 Å². The molecule has 3 aliphatic heterocycles. The number of carbonyl (C=O) groups excluding carboxylic acids is 3. The Labute approximate surface area is 219 Å². The highest BCUT2D eigenvalue weighted by Crippen LogP contribution is 2.54. The van der Waals surface area contributed by atoms with E-state index in [1.807, 2.05) is 36.6 Å². The predicted molar refractivity (Wildman–Crippen MR) is 139 cm³/mol. The topological polar surface area (TPSA) is 88.9 Å². The Morgan fingerprint density at radius 1 is 1.06 bits per heavy atom. The lowest BCUT2D eigenvalue weighted by atomic mass is 9.87. The molecule has 2 saturated heterocycles. The van der Waals surface area contributed by atoms with E-state index in [9.17, 15) is 19.2 Å². The van der Waals surface area contributed by atoms with E-state index in [2.05, 4.69) is 0 Å². The number of thiazole rings is 1. The number of thioether (sulfide) groups is 1. The van der Waals surface area contributed by atoms with Crippen LogP contribution in [-0.4, -0.2) is 58.7 Å². The Morgan fingerprint density at radius 3 is 2.50 bits per heavy atom. The van der Waals surface area contributed by atoms with Gasteiger partial charge in [0, 0.05) is 28.8 Å². The van der Waals surface area contributed by atoms with Crippen molar-refractivity contribution < 1.29 is 19.1 Å². The number of hydrogen-bond acceptors (Lipinski definition) is 8. The molecule has 5 heterocycles. The molecule has 0 unspecified atom stereocenters. The molecule has 0 N–H and O–H groups in total. The number of aryl methyl sites for hydroxylation is 1. The number of aromatic nitrogens is 1. The summed E-state index contributed by atoms with van der Waals surface area (Å²) in [6, 6.07) is 11.2. The third-order valence-electron chi connectivity index (χ3n) is 6.85. The maximum Gasteiger partial charge on any atom is 0.308 e. The van der Waals surface area contributed by atoms with Crippen LogP contribution >= 0.6 is 34.4 Å². The normalized spacial score (nSPS) is 23.6. The number of ether oxygens (including phenoxy) is 1. The van der Waals surface area contributed by atoms with Crippen molar-refractivity contribution in [2.45, 2.75) is 29.7 Å². The first-order valence-corrected chi connectivity index (χ1v) is 14.2. The molecule has 0 saturated carbocycles. The van der Waals surface area contributed by atoms with Crippen molar-refractivity contribution in [1.82, 2.24) is 9.47 Å². The number of anilines is 1. The van der Waals surface area contributed by atoms with E-state index in [0.717, 1.165) is 26.7 Å². The van der Waals surface area contributed by atoms with Gasteiger partial charge in [0.2, 0.25) is 17.7 Å². The zero-order valence-electron chi connectivity index (χ0n) is 19.4. The Kier molecular flexibility index (Phi) is 6.11. The summed E-state index contributed by atoms with van der Waals surface area (Å²) in [4.78, 5) is 58.0. The molecular weight excluding hydrogens is 518 g/mol. The molecule has 0 bridgehead atoms. The average Bonchev–Trinajstić information content (AvgIpc) is 3.58. The van der Waals surface area contributed by atoms with Crippen LogP contribution in [0.2, 0.25) is 0 Å². The van der Waals surface area contributed by atoms with Gasteiger partial charge >= 0.3 is 4.87 Å². The van der Waals surface area contributed by atoms with Crippen LogP contribution in [0, 0.1) is 12.8 Å². The van der Waals surface area contributed by atoms with Gasteiger partial charge in [-0.25, -0.2) is 4.90 Å². The van der Waals surface area contributed by atoms with Crippen LogP contribution < -0.4 is 9.77 Å². The van der Waals surface area contributed by atoms with Crippen molar-refractivity contribution in [1.29, 1.82) is 0 Å². The molecule has 3 atom stereocenters. The van der Waals surface area contributed by atoms with Crippen molar-refractivity contribution in [2.24, 2.45) is 5.92 Å². The summed E-state index contributed by atoms with van der Waals surface area (Å²) in [6.45, 7) is 3.81. The summed E-state index contributed by atoms with van der Waals surface area (Å²) >= 11 is 3.84. The van der Waals surface area contributed by atoms with Crippen LogP contribution in [-0.2, 0) is 25.7 Å². The van der Waals surface area contributed by atoms with Gasteiger partial charge in [0.25, 0.3) is 0 Å². The van der Waals surface area contributed by atoms with E-state index < -0.39 is 17.1 Å². The Balaban J connectivity index is 1.41. The summed E-state index contributed by atoms with van der Waals surface area (Å²) in [5, 5.41) is 1.89. The number of amides is 3. The molecule has 8 nitrogen and oxygen atoms in total. The van der Waals surface area contributed by atoms with E-state index in [1.165, 1.54) is 32.6 Å². The number of morpholine rings is 1. The number of nitrogens with zero attached hydrogens (tertiary/aromatic N) is 3. The van der Waals surface area contributed by atoms with Crippen molar-refractivity contribution in [2.75, 3.05) is 31.2 Å². The first kappa shape index (κ1) is 23.7. The second-order valence-corrected chi connectivity index (χ2v) is 12.1. The monoisotopic (exact) mass is 541 g/mol. The summed E-state index contributed by atoms with van der Waals surface area (Å²) in [5.74, 6) is -1.70. The number of rotatable bonds is 4. The highest BCUT2D eigenvalue weighted by molar-refractivity contribution is 8.00. The van der Waals surface area contributed by atoms with Crippen LogP contribution in [0.1, 0.15) is 21.2 Å². The van der Waals surface area contributed by atoms with Gasteiger partial charge in [-0.3, -0.25) is 23.7 Å². The van der Waals surface area contributed by atoms with Crippen molar-refractivity contribution >= 4 is 57.8 Å². The van der Waals surface area contributed by atoms with Crippen LogP contribution in [0.25, 0.3) is 0 Å². The average molecular weight is 542 g/mol. The number of carbonyl (C=O) groups is 3. The fourth-order valence-corrected chi connectivity index (χ4v) is 8.75. The third-order valence-corrected chi connectivity index (χ3v) is 10.4. The Morgan fingerprint density at radius 2 is 1.81 bits per heavy atom. The first-order chi connectivity index (χ1) is 17.4. The standard InChI is InChI=1S/C25H23N3O5S3/c1-14-4-6-15(7-5-14)28-22(30)19-18(16-3-2-12-34-16)21-24(35-20(19)23(28)31)27(25(32)36-21)13-17(29)26-8-10-33-11-9-26/h2-7,12,18-20H,8-11,13H2,1H3/t18-,19-,20+/m0/s1. The molecule has 2 aromatic heterocycles. The fourth-order valence-electron chi connectivity index (χ4n) is 5.03. The van der Waals surface area contributed by atoms with Gasteiger partial charge < -0.3 is 9.64 Å². The second-order valence-electron chi connectivity index (χ2n) is 9.02. The lowest BCUT2D eigenvalue weighted by Gasteiger charge is -2.30. The molecule has 2 fully saturated rings. The number of thiophene rings is 1. The maximum absolute atomic E-state index is 13.8. The zero-order chi connectivity index (χ0) is 25.0. The van der Waals surface area contributed by atoms with Gasteiger partial charge in [-0.15, -0.1) is 11.3 Å². The second kappa shape index (κ2) is 9.29. The minimum Gasteiger partial charge on any atom is -0.378 e. The van der Waals surface area contributed by atoms with E-state index in [-0.39, 0.29) is 29.1 Å². The zero-order valence-corrected chi connectivity index (χ0v) is 21.9. The van der Waals surface area contributed by atoms with E-state index in [4.69, 9.17) is 4.74 Å². The minimum absolute atomic E-state index is 0.0873. The molecule has 36 heavy (non-hydrogen) atoms. The maximum atomic E-state index is 13.8. The summed E-state index contributed by atoms with van der Waals surface area (Å²) in [6.07, 6.45) is 0. The lowest BCUT2D eigenvalue weighted by Crippen LogP contribution is -2.43. The van der Waals surface area contributed by atoms with Gasteiger partial charge in [-0.1, -0.05) is 46.9 Å². The predicted octanol–water partition coefficient (Wildman–Crippen LogP) is 2.93. The quantitative estimate of drug-likeness (QED) is 0.472. The molecule has 6 rings (SSSR count). The van der Waals surface area contributed by atoms with Crippen molar-refractivity contribution in [3.63, 3.8) is 0 Å². The number of imide groups is 1. The molecule has 0 radical (unpaired) electrons. The third kappa shape index (κ3) is 3.85. The van der Waals surface area contributed by atoms with Gasteiger partial charge in [-0.2, -0.15) is 0 Å². The number of fused-ring (bicyclic) bond motifs is 2. The molecule has 186 valence electrons.